The Labute approximate surface area is 120 Å². The number of rotatable bonds is 5. The van der Waals surface area contributed by atoms with E-state index < -0.39 is 0 Å². The number of imidazole rings is 1. The van der Waals surface area contributed by atoms with Crippen LogP contribution in [0, 0.1) is 0 Å². The molecular weight excluding hydrogens is 306 g/mol. The molecule has 1 fully saturated rings. The summed E-state index contributed by atoms with van der Waals surface area (Å²) in [5, 5.41) is 3.30. The highest BCUT2D eigenvalue weighted by molar-refractivity contribution is 9.10. The zero-order valence-corrected chi connectivity index (χ0v) is 12.4. The van der Waals surface area contributed by atoms with Gasteiger partial charge in [0.25, 0.3) is 0 Å². The van der Waals surface area contributed by atoms with E-state index in [1.54, 1.807) is 6.20 Å². The molecule has 19 heavy (non-hydrogen) atoms. The van der Waals surface area contributed by atoms with Crippen molar-refractivity contribution in [1.82, 2.24) is 19.5 Å². The maximum Gasteiger partial charge on any atom is 0.179 e. The highest BCUT2D eigenvalue weighted by Crippen LogP contribution is 2.37. The molecule has 1 aliphatic carbocycles. The van der Waals surface area contributed by atoms with Crippen molar-refractivity contribution in [2.24, 2.45) is 0 Å². The Bertz CT molecular complexity index is 576. The first kappa shape index (κ1) is 12.6. The van der Waals surface area contributed by atoms with Crippen LogP contribution in [0.3, 0.4) is 0 Å². The van der Waals surface area contributed by atoms with Crippen molar-refractivity contribution in [3.8, 4) is 11.5 Å². The molecule has 0 atom stereocenters. The maximum atomic E-state index is 4.59. The van der Waals surface area contributed by atoms with Gasteiger partial charge in [-0.25, -0.2) is 15.0 Å². The normalized spacial score (nSPS) is 14.6. The summed E-state index contributed by atoms with van der Waals surface area (Å²) in [5.74, 6) is 1.57. The summed E-state index contributed by atoms with van der Waals surface area (Å²) in [6, 6.07) is 0.580. The Morgan fingerprint density at radius 2 is 2.26 bits per heavy atom. The average molecular weight is 322 g/mol. The third-order valence-corrected chi connectivity index (χ3v) is 3.70. The molecule has 0 aliphatic heterocycles. The van der Waals surface area contributed by atoms with E-state index in [-0.39, 0.29) is 0 Å². The number of hydrogen-bond acceptors (Lipinski definition) is 4. The molecule has 0 radical (unpaired) electrons. The summed E-state index contributed by atoms with van der Waals surface area (Å²) in [6.45, 7) is 3.03. The van der Waals surface area contributed by atoms with Crippen LogP contribution in [0.4, 0.5) is 5.82 Å². The molecule has 2 aromatic heterocycles. The van der Waals surface area contributed by atoms with Crippen LogP contribution in [0.25, 0.3) is 11.5 Å². The van der Waals surface area contributed by atoms with Gasteiger partial charge in [-0.3, -0.25) is 0 Å². The van der Waals surface area contributed by atoms with E-state index in [0.717, 1.165) is 34.8 Å². The van der Waals surface area contributed by atoms with Crippen LogP contribution in [0.1, 0.15) is 32.2 Å². The third-order valence-electron chi connectivity index (χ3n) is 3.12. The molecule has 2 heterocycles. The van der Waals surface area contributed by atoms with E-state index in [4.69, 9.17) is 0 Å². The van der Waals surface area contributed by atoms with Gasteiger partial charge in [0.2, 0.25) is 0 Å². The van der Waals surface area contributed by atoms with Gasteiger partial charge in [0.05, 0.1) is 17.0 Å². The summed E-state index contributed by atoms with van der Waals surface area (Å²) in [7, 11) is 0. The summed E-state index contributed by atoms with van der Waals surface area (Å²) in [6.07, 6.45) is 9.01. The van der Waals surface area contributed by atoms with Gasteiger partial charge in [-0.1, -0.05) is 6.92 Å². The quantitative estimate of drug-likeness (QED) is 0.918. The minimum atomic E-state index is 0.580. The Morgan fingerprint density at radius 1 is 1.42 bits per heavy atom. The lowest BCUT2D eigenvalue weighted by Crippen LogP contribution is -2.05. The van der Waals surface area contributed by atoms with Crippen molar-refractivity contribution >= 4 is 21.7 Å². The second kappa shape index (κ2) is 5.28. The molecule has 1 saturated carbocycles. The van der Waals surface area contributed by atoms with Crippen LogP contribution in [0.2, 0.25) is 0 Å². The lowest BCUT2D eigenvalue weighted by molar-refractivity contribution is 0.743. The minimum Gasteiger partial charge on any atom is -0.369 e. The van der Waals surface area contributed by atoms with Gasteiger partial charge in [-0.15, -0.1) is 0 Å². The lowest BCUT2D eigenvalue weighted by Gasteiger charge is -2.09. The maximum absolute atomic E-state index is 4.59. The Balaban J connectivity index is 1.93. The van der Waals surface area contributed by atoms with Gasteiger partial charge < -0.3 is 9.88 Å². The number of nitrogens with one attached hydrogen (secondary N) is 1. The molecule has 0 saturated heterocycles. The number of halogens is 1. The fourth-order valence-electron chi connectivity index (χ4n) is 1.98. The minimum absolute atomic E-state index is 0.580. The van der Waals surface area contributed by atoms with Crippen molar-refractivity contribution < 1.29 is 0 Å². The molecule has 1 N–H and O–H groups in total. The highest BCUT2D eigenvalue weighted by Gasteiger charge is 2.26. The fourth-order valence-corrected chi connectivity index (χ4v) is 2.31. The van der Waals surface area contributed by atoms with Gasteiger partial charge in [0.15, 0.2) is 5.82 Å². The lowest BCUT2D eigenvalue weighted by atomic mass is 10.4. The van der Waals surface area contributed by atoms with Crippen molar-refractivity contribution in [2.45, 2.75) is 32.2 Å². The van der Waals surface area contributed by atoms with Crippen molar-refractivity contribution in [3.63, 3.8) is 0 Å². The standard InChI is InChI=1S/C13H16BrN5/c1-2-5-16-12-10(14)6-17-13(18-12)11-7-15-8-19(11)9-3-4-9/h6-9H,2-5H2,1H3,(H,16,17,18). The molecule has 6 heteroatoms. The molecule has 0 bridgehead atoms. The molecule has 100 valence electrons. The average Bonchev–Trinajstić information content (AvgIpc) is 3.16. The Morgan fingerprint density at radius 3 is 3.00 bits per heavy atom. The summed E-state index contributed by atoms with van der Waals surface area (Å²) in [4.78, 5) is 13.2. The van der Waals surface area contributed by atoms with Gasteiger partial charge in [-0.05, 0) is 35.2 Å². The van der Waals surface area contributed by atoms with Crippen LogP contribution in [-0.4, -0.2) is 26.1 Å². The van der Waals surface area contributed by atoms with Gasteiger partial charge >= 0.3 is 0 Å². The van der Waals surface area contributed by atoms with Crippen LogP contribution in [-0.2, 0) is 0 Å². The van der Waals surface area contributed by atoms with Crippen LogP contribution >= 0.6 is 15.9 Å². The van der Waals surface area contributed by atoms with E-state index >= 15 is 0 Å². The smallest absolute Gasteiger partial charge is 0.179 e. The van der Waals surface area contributed by atoms with Gasteiger partial charge in [0, 0.05) is 18.8 Å². The van der Waals surface area contributed by atoms with Crippen LogP contribution < -0.4 is 5.32 Å². The number of aromatic nitrogens is 4. The van der Waals surface area contributed by atoms with E-state index in [1.165, 1.54) is 12.8 Å². The van der Waals surface area contributed by atoms with E-state index in [0.29, 0.717) is 6.04 Å². The number of hydrogen-bond donors (Lipinski definition) is 1. The molecule has 0 amide bonds. The summed E-state index contributed by atoms with van der Waals surface area (Å²) < 4.78 is 3.06. The van der Waals surface area contributed by atoms with E-state index in [9.17, 15) is 0 Å². The summed E-state index contributed by atoms with van der Waals surface area (Å²) in [5.41, 5.74) is 0.995. The summed E-state index contributed by atoms with van der Waals surface area (Å²) >= 11 is 3.47. The second-order valence-electron chi connectivity index (χ2n) is 4.73. The molecule has 1 aliphatic rings. The van der Waals surface area contributed by atoms with Crippen molar-refractivity contribution in [3.05, 3.63) is 23.2 Å². The van der Waals surface area contributed by atoms with E-state index in [1.807, 2.05) is 12.5 Å². The molecule has 0 aromatic carbocycles. The molecule has 3 rings (SSSR count). The third kappa shape index (κ3) is 2.63. The van der Waals surface area contributed by atoms with E-state index in [2.05, 4.69) is 47.7 Å². The molecule has 0 spiro atoms. The Hall–Kier alpha value is -1.43. The first-order valence-corrected chi connectivity index (χ1v) is 7.37. The number of anilines is 1. The van der Waals surface area contributed by atoms with Crippen LogP contribution in [0.5, 0.6) is 0 Å². The SMILES string of the molecule is CCCNc1nc(-c2cncn2C2CC2)ncc1Br. The second-order valence-corrected chi connectivity index (χ2v) is 5.59. The monoisotopic (exact) mass is 321 g/mol. The fraction of sp³-hybridized carbons (Fsp3) is 0.462. The first-order valence-electron chi connectivity index (χ1n) is 6.58. The van der Waals surface area contributed by atoms with Crippen LogP contribution in [0.15, 0.2) is 23.2 Å². The number of nitrogens with zero attached hydrogens (tertiary/aromatic N) is 4. The van der Waals surface area contributed by atoms with Gasteiger partial charge in [0.1, 0.15) is 11.5 Å². The first-order chi connectivity index (χ1) is 9.29. The largest absolute Gasteiger partial charge is 0.369 e. The predicted molar refractivity (Wildman–Crippen MR) is 78.0 cm³/mol. The highest BCUT2D eigenvalue weighted by atomic mass is 79.9. The van der Waals surface area contributed by atoms with Crippen molar-refractivity contribution in [2.75, 3.05) is 11.9 Å². The molecule has 5 nitrogen and oxygen atoms in total. The zero-order valence-electron chi connectivity index (χ0n) is 10.8. The van der Waals surface area contributed by atoms with Gasteiger partial charge in [-0.2, -0.15) is 0 Å². The Kier molecular flexibility index (Phi) is 3.50. The predicted octanol–water partition coefficient (Wildman–Crippen LogP) is 3.26. The topological polar surface area (TPSA) is 55.6 Å². The zero-order chi connectivity index (χ0) is 13.2. The molecule has 0 unspecified atom stereocenters. The molecular formula is C13H16BrN5. The van der Waals surface area contributed by atoms with Crippen molar-refractivity contribution in [1.29, 1.82) is 0 Å². The molecule has 2 aromatic rings.